The zero-order chi connectivity index (χ0) is 16.7. The number of fused-ring (bicyclic) bond motifs is 1. The van der Waals surface area contributed by atoms with Gasteiger partial charge in [-0.05, 0) is 50.2 Å². The second-order valence-electron chi connectivity index (χ2n) is 5.99. The Morgan fingerprint density at radius 1 is 1.08 bits per heavy atom. The van der Waals surface area contributed by atoms with E-state index in [-0.39, 0.29) is 0 Å². The van der Waals surface area contributed by atoms with Crippen molar-refractivity contribution >= 4 is 26.8 Å². The van der Waals surface area contributed by atoms with Crippen molar-refractivity contribution in [2.24, 2.45) is 0 Å². The second kappa shape index (κ2) is 5.91. The van der Waals surface area contributed by atoms with E-state index in [1.54, 1.807) is 0 Å². The summed E-state index contributed by atoms with van der Waals surface area (Å²) in [4.78, 5) is 4.55. The fraction of sp³-hybridized carbons (Fsp3) is 0.158. The van der Waals surface area contributed by atoms with Gasteiger partial charge in [0.15, 0.2) is 0 Å². The maximum Gasteiger partial charge on any atom is 0.258 e. The summed E-state index contributed by atoms with van der Waals surface area (Å²) in [7, 11) is 0. The lowest BCUT2D eigenvalue weighted by Gasteiger charge is -2.09. The summed E-state index contributed by atoms with van der Waals surface area (Å²) in [6.07, 6.45) is 2.11. The number of nitrogens with zero attached hydrogens (tertiary/aromatic N) is 3. The van der Waals surface area contributed by atoms with Gasteiger partial charge in [0.2, 0.25) is 5.82 Å². The summed E-state index contributed by atoms with van der Waals surface area (Å²) in [5.74, 6) is 1.11. The zero-order valence-electron chi connectivity index (χ0n) is 13.4. The fourth-order valence-corrected chi connectivity index (χ4v) is 3.30. The Morgan fingerprint density at radius 3 is 2.71 bits per heavy atom. The van der Waals surface area contributed by atoms with Crippen LogP contribution in [0, 0.1) is 0 Å². The third-order valence-electron chi connectivity index (χ3n) is 4.06. The van der Waals surface area contributed by atoms with Crippen molar-refractivity contribution in [1.82, 2.24) is 14.7 Å². The molecule has 0 unspecified atom stereocenters. The van der Waals surface area contributed by atoms with E-state index in [9.17, 15) is 0 Å². The smallest absolute Gasteiger partial charge is 0.258 e. The van der Waals surface area contributed by atoms with Gasteiger partial charge in [0, 0.05) is 38.7 Å². The van der Waals surface area contributed by atoms with Gasteiger partial charge in [-0.25, -0.2) is 0 Å². The van der Waals surface area contributed by atoms with E-state index in [0.29, 0.717) is 17.8 Å². The van der Waals surface area contributed by atoms with Crippen LogP contribution in [0.2, 0.25) is 0 Å². The van der Waals surface area contributed by atoms with Gasteiger partial charge in [0.05, 0.1) is 0 Å². The van der Waals surface area contributed by atoms with Gasteiger partial charge in [0.1, 0.15) is 0 Å². The Bertz CT molecular complexity index is 1020. The lowest BCUT2D eigenvalue weighted by molar-refractivity contribution is 0.432. The Morgan fingerprint density at radius 2 is 1.92 bits per heavy atom. The molecule has 0 aliphatic carbocycles. The third-order valence-corrected chi connectivity index (χ3v) is 4.76. The summed E-state index contributed by atoms with van der Waals surface area (Å²) in [6, 6.07) is 16.6. The van der Waals surface area contributed by atoms with Crippen molar-refractivity contribution in [2.45, 2.75) is 19.9 Å². The topological polar surface area (TPSA) is 43.9 Å². The molecule has 2 aromatic carbocycles. The quantitative estimate of drug-likeness (QED) is 0.456. The van der Waals surface area contributed by atoms with E-state index in [4.69, 9.17) is 4.52 Å². The van der Waals surface area contributed by atoms with Gasteiger partial charge in [-0.1, -0.05) is 33.2 Å². The zero-order valence-corrected chi connectivity index (χ0v) is 15.0. The average Bonchev–Trinajstić information content (AvgIpc) is 3.21. The first-order chi connectivity index (χ1) is 11.6. The Hall–Kier alpha value is -2.40. The van der Waals surface area contributed by atoms with Crippen LogP contribution in [0.15, 0.2) is 63.7 Å². The summed E-state index contributed by atoms with van der Waals surface area (Å²) in [5, 5.41) is 5.28. The van der Waals surface area contributed by atoms with E-state index in [0.717, 1.165) is 15.6 Å². The summed E-state index contributed by atoms with van der Waals surface area (Å²) in [5.41, 5.74) is 3.05. The minimum Gasteiger partial charge on any atom is -0.345 e. The molecule has 0 spiro atoms. The van der Waals surface area contributed by atoms with Crippen molar-refractivity contribution in [3.05, 3.63) is 59.2 Å². The number of benzene rings is 2. The lowest BCUT2D eigenvalue weighted by atomic mass is 10.1. The van der Waals surface area contributed by atoms with E-state index < -0.39 is 0 Å². The largest absolute Gasteiger partial charge is 0.345 e. The van der Waals surface area contributed by atoms with Crippen molar-refractivity contribution < 1.29 is 4.52 Å². The maximum atomic E-state index is 5.47. The van der Waals surface area contributed by atoms with Crippen LogP contribution in [-0.4, -0.2) is 14.7 Å². The number of halogens is 1. The predicted octanol–water partition coefficient (Wildman–Crippen LogP) is 5.70. The van der Waals surface area contributed by atoms with Gasteiger partial charge in [-0.2, -0.15) is 4.98 Å². The standard InChI is InChI=1S/C19H16BrN3O/c1-12(2)23-10-9-13-11-14(7-8-17(13)23)19-21-18(22-24-19)15-5-3-4-6-16(15)20/h3-12H,1-2H3. The molecule has 0 radical (unpaired) electrons. The van der Waals surface area contributed by atoms with Crippen molar-refractivity contribution in [2.75, 3.05) is 0 Å². The maximum absolute atomic E-state index is 5.47. The number of rotatable bonds is 3. The molecule has 0 bridgehead atoms. The molecule has 0 fully saturated rings. The molecule has 5 heteroatoms. The van der Waals surface area contributed by atoms with Gasteiger partial charge in [0.25, 0.3) is 5.89 Å². The number of hydrogen-bond acceptors (Lipinski definition) is 3. The summed E-state index contributed by atoms with van der Waals surface area (Å²) < 4.78 is 8.67. The molecule has 0 saturated carbocycles. The first-order valence-electron chi connectivity index (χ1n) is 7.83. The van der Waals surface area contributed by atoms with Crippen LogP contribution in [0.5, 0.6) is 0 Å². The van der Waals surface area contributed by atoms with Gasteiger partial charge in [-0.3, -0.25) is 0 Å². The molecule has 0 saturated heterocycles. The molecule has 4 nitrogen and oxygen atoms in total. The second-order valence-corrected chi connectivity index (χ2v) is 6.85. The SMILES string of the molecule is CC(C)n1ccc2cc(-c3nc(-c4ccccc4Br)no3)ccc21. The molecule has 0 N–H and O–H groups in total. The van der Waals surface area contributed by atoms with E-state index >= 15 is 0 Å². The Labute approximate surface area is 148 Å². The molecule has 0 amide bonds. The highest BCUT2D eigenvalue weighted by atomic mass is 79.9. The lowest BCUT2D eigenvalue weighted by Crippen LogP contribution is -1.97. The van der Waals surface area contributed by atoms with Crippen LogP contribution in [-0.2, 0) is 0 Å². The van der Waals surface area contributed by atoms with Crippen LogP contribution < -0.4 is 0 Å². The normalized spacial score (nSPS) is 11.5. The van der Waals surface area contributed by atoms with E-state index in [1.807, 2.05) is 30.3 Å². The van der Waals surface area contributed by atoms with Crippen LogP contribution in [0.3, 0.4) is 0 Å². The molecule has 0 aliphatic rings. The molecule has 4 rings (SSSR count). The molecule has 2 aromatic heterocycles. The van der Waals surface area contributed by atoms with Gasteiger partial charge in [-0.15, -0.1) is 0 Å². The van der Waals surface area contributed by atoms with Gasteiger partial charge >= 0.3 is 0 Å². The van der Waals surface area contributed by atoms with Crippen LogP contribution in [0.4, 0.5) is 0 Å². The highest BCUT2D eigenvalue weighted by molar-refractivity contribution is 9.10. The Balaban J connectivity index is 1.75. The average molecular weight is 382 g/mol. The first kappa shape index (κ1) is 15.1. The summed E-state index contributed by atoms with van der Waals surface area (Å²) in [6.45, 7) is 4.35. The van der Waals surface area contributed by atoms with Gasteiger partial charge < -0.3 is 9.09 Å². The predicted molar refractivity (Wildman–Crippen MR) is 98.8 cm³/mol. The van der Waals surface area contributed by atoms with Crippen molar-refractivity contribution in [1.29, 1.82) is 0 Å². The molecule has 120 valence electrons. The third kappa shape index (κ3) is 2.55. The highest BCUT2D eigenvalue weighted by Gasteiger charge is 2.14. The molecule has 4 aromatic rings. The van der Waals surface area contributed by atoms with Crippen LogP contribution >= 0.6 is 15.9 Å². The van der Waals surface area contributed by atoms with Crippen LogP contribution in [0.25, 0.3) is 33.7 Å². The Kier molecular flexibility index (Phi) is 3.73. The van der Waals surface area contributed by atoms with E-state index in [1.165, 1.54) is 10.9 Å². The summed E-state index contributed by atoms with van der Waals surface area (Å²) >= 11 is 3.52. The molecular formula is C19H16BrN3O. The monoisotopic (exact) mass is 381 g/mol. The molecule has 0 aliphatic heterocycles. The number of aromatic nitrogens is 3. The van der Waals surface area contributed by atoms with Crippen molar-refractivity contribution in [3.8, 4) is 22.8 Å². The molecule has 0 atom stereocenters. The highest BCUT2D eigenvalue weighted by Crippen LogP contribution is 2.30. The fourth-order valence-electron chi connectivity index (χ4n) is 2.84. The van der Waals surface area contributed by atoms with E-state index in [2.05, 4.69) is 68.9 Å². The molecule has 24 heavy (non-hydrogen) atoms. The van der Waals surface area contributed by atoms with Crippen molar-refractivity contribution in [3.63, 3.8) is 0 Å². The first-order valence-corrected chi connectivity index (χ1v) is 8.62. The minimum atomic E-state index is 0.429. The molecular weight excluding hydrogens is 366 g/mol. The molecule has 2 heterocycles. The van der Waals surface area contributed by atoms with Crippen LogP contribution in [0.1, 0.15) is 19.9 Å². The minimum absolute atomic E-state index is 0.429. The number of hydrogen-bond donors (Lipinski definition) is 0.